The van der Waals surface area contributed by atoms with Crippen molar-refractivity contribution in [3.63, 3.8) is 0 Å². The monoisotopic (exact) mass is 299 g/mol. The van der Waals surface area contributed by atoms with E-state index in [1.165, 1.54) is 12.3 Å². The van der Waals surface area contributed by atoms with Crippen LogP contribution in [0.15, 0.2) is 42.7 Å². The fourth-order valence-corrected chi connectivity index (χ4v) is 2.05. The minimum atomic E-state index is -0.152. The fourth-order valence-electron chi connectivity index (χ4n) is 1.83. The largest absolute Gasteiger partial charge is 0.422 e. The van der Waals surface area contributed by atoms with Crippen molar-refractivity contribution in [2.75, 3.05) is 0 Å². The van der Waals surface area contributed by atoms with Gasteiger partial charge < -0.3 is 10.5 Å². The van der Waals surface area contributed by atoms with Crippen LogP contribution in [0.25, 0.3) is 10.9 Å². The van der Waals surface area contributed by atoms with Crippen molar-refractivity contribution in [3.8, 4) is 11.8 Å². The third kappa shape index (κ3) is 2.61. The predicted molar refractivity (Wildman–Crippen MR) is 79.9 cm³/mol. The van der Waals surface area contributed by atoms with Gasteiger partial charge in [0.1, 0.15) is 17.0 Å². The van der Waals surface area contributed by atoms with Crippen LogP contribution in [0, 0.1) is 5.41 Å². The van der Waals surface area contributed by atoms with Crippen LogP contribution in [0.5, 0.6) is 11.8 Å². The molecule has 0 aliphatic heterocycles. The highest BCUT2D eigenvalue weighted by molar-refractivity contribution is 6.35. The SMILES string of the molecule is N=C(N)c1ccnc(Oc2ccc(Cl)c3cccnc23)n1. The molecule has 0 saturated carbocycles. The zero-order chi connectivity index (χ0) is 14.8. The minimum Gasteiger partial charge on any atom is -0.422 e. The second kappa shape index (κ2) is 5.34. The standard InChI is InChI=1S/C14H10ClN5O/c15-9-3-4-11(12-8(9)2-1-6-18-12)21-14-19-7-5-10(20-14)13(16)17/h1-7H,(H3,16,17). The van der Waals surface area contributed by atoms with E-state index in [2.05, 4.69) is 15.0 Å². The maximum absolute atomic E-state index is 7.37. The average Bonchev–Trinajstić information content (AvgIpc) is 2.51. The summed E-state index contributed by atoms with van der Waals surface area (Å²) in [6.45, 7) is 0. The lowest BCUT2D eigenvalue weighted by Crippen LogP contribution is -2.13. The molecule has 3 rings (SSSR count). The van der Waals surface area contributed by atoms with Gasteiger partial charge in [0.05, 0.1) is 5.02 Å². The van der Waals surface area contributed by atoms with E-state index in [-0.39, 0.29) is 11.8 Å². The summed E-state index contributed by atoms with van der Waals surface area (Å²) in [7, 11) is 0. The number of nitrogens with one attached hydrogen (secondary N) is 1. The molecule has 0 bridgehead atoms. The van der Waals surface area contributed by atoms with Gasteiger partial charge in [0, 0.05) is 17.8 Å². The number of benzene rings is 1. The summed E-state index contributed by atoms with van der Waals surface area (Å²) in [6.07, 6.45) is 3.13. The summed E-state index contributed by atoms with van der Waals surface area (Å²) < 4.78 is 5.64. The molecule has 21 heavy (non-hydrogen) atoms. The number of nitrogen functional groups attached to an aromatic ring is 1. The zero-order valence-electron chi connectivity index (χ0n) is 10.7. The van der Waals surface area contributed by atoms with Crippen molar-refractivity contribution in [2.45, 2.75) is 0 Å². The van der Waals surface area contributed by atoms with Crippen molar-refractivity contribution in [1.82, 2.24) is 15.0 Å². The van der Waals surface area contributed by atoms with Crippen LogP contribution in [0.2, 0.25) is 5.02 Å². The van der Waals surface area contributed by atoms with E-state index in [4.69, 9.17) is 27.5 Å². The minimum absolute atomic E-state index is 0.0944. The Morgan fingerprint density at radius 1 is 1.14 bits per heavy atom. The number of pyridine rings is 1. The Bertz CT molecular complexity index is 836. The summed E-state index contributed by atoms with van der Waals surface area (Å²) in [6, 6.07) is 8.69. The van der Waals surface area contributed by atoms with Crippen molar-refractivity contribution in [3.05, 3.63) is 53.4 Å². The molecule has 2 aromatic heterocycles. The highest BCUT2D eigenvalue weighted by atomic mass is 35.5. The van der Waals surface area contributed by atoms with E-state index in [0.717, 1.165) is 5.39 Å². The van der Waals surface area contributed by atoms with Gasteiger partial charge in [0.25, 0.3) is 0 Å². The number of rotatable bonds is 3. The lowest BCUT2D eigenvalue weighted by atomic mass is 10.2. The zero-order valence-corrected chi connectivity index (χ0v) is 11.5. The molecule has 6 nitrogen and oxygen atoms in total. The number of hydrogen-bond donors (Lipinski definition) is 2. The molecule has 104 valence electrons. The van der Waals surface area contributed by atoms with Crippen LogP contribution in [0.4, 0.5) is 0 Å². The molecule has 1 aromatic carbocycles. The fraction of sp³-hybridized carbons (Fsp3) is 0. The first-order chi connectivity index (χ1) is 10.1. The summed E-state index contributed by atoms with van der Waals surface area (Å²) in [4.78, 5) is 12.3. The maximum Gasteiger partial charge on any atom is 0.322 e. The van der Waals surface area contributed by atoms with Crippen molar-refractivity contribution >= 4 is 28.3 Å². The molecule has 3 N–H and O–H groups in total. The third-order valence-electron chi connectivity index (χ3n) is 2.79. The van der Waals surface area contributed by atoms with Crippen molar-refractivity contribution < 1.29 is 4.74 Å². The number of hydrogen-bond acceptors (Lipinski definition) is 5. The van der Waals surface area contributed by atoms with Crippen LogP contribution in [-0.2, 0) is 0 Å². The predicted octanol–water partition coefficient (Wildman–Crippen LogP) is 2.75. The highest BCUT2D eigenvalue weighted by Gasteiger charge is 2.10. The summed E-state index contributed by atoms with van der Waals surface area (Å²) >= 11 is 6.13. The second-order valence-corrected chi connectivity index (χ2v) is 4.59. The van der Waals surface area contributed by atoms with Crippen LogP contribution in [0.3, 0.4) is 0 Å². The first-order valence-corrected chi connectivity index (χ1v) is 6.41. The molecule has 3 aromatic rings. The Morgan fingerprint density at radius 2 is 2.00 bits per heavy atom. The average molecular weight is 300 g/mol. The lowest BCUT2D eigenvalue weighted by molar-refractivity contribution is 0.445. The number of nitrogens with two attached hydrogens (primary N) is 1. The van der Waals surface area contributed by atoms with Gasteiger partial charge in [-0.05, 0) is 30.3 Å². The number of ether oxygens (including phenoxy) is 1. The van der Waals surface area contributed by atoms with Crippen LogP contribution < -0.4 is 10.5 Å². The summed E-state index contributed by atoms with van der Waals surface area (Å²) in [5.74, 6) is 0.331. The molecule has 0 spiro atoms. The molecule has 7 heteroatoms. The van der Waals surface area contributed by atoms with Gasteiger partial charge in [-0.2, -0.15) is 4.98 Å². The van der Waals surface area contributed by atoms with E-state index >= 15 is 0 Å². The molecule has 0 unspecified atom stereocenters. The van der Waals surface area contributed by atoms with Crippen LogP contribution in [0.1, 0.15) is 5.69 Å². The van der Waals surface area contributed by atoms with Gasteiger partial charge >= 0.3 is 6.01 Å². The van der Waals surface area contributed by atoms with Crippen LogP contribution >= 0.6 is 11.6 Å². The molecule has 2 heterocycles. The number of halogens is 1. The summed E-state index contributed by atoms with van der Waals surface area (Å²) in [5, 5.41) is 8.74. The molecule has 0 radical (unpaired) electrons. The first kappa shape index (κ1) is 13.3. The Labute approximate surface area is 125 Å². The molecule has 0 amide bonds. The van der Waals surface area contributed by atoms with Gasteiger partial charge in [0.2, 0.25) is 0 Å². The molecule has 0 aliphatic rings. The topological polar surface area (TPSA) is 97.8 Å². The van der Waals surface area contributed by atoms with Gasteiger partial charge in [0.15, 0.2) is 5.75 Å². The molecule has 0 aliphatic carbocycles. The Kier molecular flexibility index (Phi) is 3.37. The number of aromatic nitrogens is 3. The number of amidine groups is 1. The highest BCUT2D eigenvalue weighted by Crippen LogP contribution is 2.31. The van der Waals surface area contributed by atoms with Crippen molar-refractivity contribution in [2.24, 2.45) is 5.73 Å². The molecular weight excluding hydrogens is 290 g/mol. The van der Waals surface area contributed by atoms with Gasteiger partial charge in [-0.15, -0.1) is 0 Å². The normalized spacial score (nSPS) is 10.5. The molecule has 0 saturated heterocycles. The lowest BCUT2D eigenvalue weighted by Gasteiger charge is -2.08. The van der Waals surface area contributed by atoms with E-state index < -0.39 is 0 Å². The smallest absolute Gasteiger partial charge is 0.322 e. The van der Waals surface area contributed by atoms with E-state index in [1.54, 1.807) is 24.4 Å². The third-order valence-corrected chi connectivity index (χ3v) is 3.12. The quantitative estimate of drug-likeness (QED) is 0.572. The van der Waals surface area contributed by atoms with Gasteiger partial charge in [-0.1, -0.05) is 11.6 Å². The number of fused-ring (bicyclic) bond motifs is 1. The Balaban J connectivity index is 2.04. The number of nitrogens with zero attached hydrogens (tertiary/aromatic N) is 3. The molecule has 0 atom stereocenters. The van der Waals surface area contributed by atoms with E-state index in [1.807, 2.05) is 6.07 Å². The first-order valence-electron chi connectivity index (χ1n) is 6.03. The molecule has 0 fully saturated rings. The maximum atomic E-state index is 7.37. The second-order valence-electron chi connectivity index (χ2n) is 4.19. The Hall–Kier alpha value is -2.73. The Morgan fingerprint density at radius 3 is 2.81 bits per heavy atom. The van der Waals surface area contributed by atoms with Crippen molar-refractivity contribution in [1.29, 1.82) is 5.41 Å². The summed E-state index contributed by atoms with van der Waals surface area (Å²) in [5.41, 5.74) is 6.30. The van der Waals surface area contributed by atoms with Gasteiger partial charge in [-0.25, -0.2) is 4.98 Å². The van der Waals surface area contributed by atoms with E-state index in [9.17, 15) is 0 Å². The van der Waals surface area contributed by atoms with Gasteiger partial charge in [-0.3, -0.25) is 10.4 Å². The van der Waals surface area contributed by atoms with Crippen LogP contribution in [-0.4, -0.2) is 20.8 Å². The molecular formula is C14H10ClN5O. The van der Waals surface area contributed by atoms with E-state index in [0.29, 0.717) is 22.0 Å².